The maximum absolute atomic E-state index is 15.3. The molecule has 0 unspecified atom stereocenters. The fourth-order valence-corrected chi connectivity index (χ4v) is 8.10. The van der Waals surface area contributed by atoms with E-state index in [2.05, 4.69) is 21.2 Å². The highest BCUT2D eigenvalue weighted by Crippen LogP contribution is 2.39. The number of aromatic amines is 2. The van der Waals surface area contributed by atoms with E-state index in [1.165, 1.54) is 18.2 Å². The lowest BCUT2D eigenvalue weighted by Gasteiger charge is -2.17. The molecule has 5 aromatic carbocycles. The zero-order valence-electron chi connectivity index (χ0n) is 32.1. The average molecular weight is 798 g/mol. The van der Waals surface area contributed by atoms with E-state index < -0.39 is 5.82 Å². The minimum atomic E-state index is -0.419. The molecule has 7 aromatic rings. The van der Waals surface area contributed by atoms with Crippen LogP contribution in [0.4, 0.5) is 8.78 Å². The molecule has 0 bridgehead atoms. The van der Waals surface area contributed by atoms with Gasteiger partial charge in [-0.05, 0) is 113 Å². The molecular weight excluding hydrogens is 756 g/mol. The number of aryl methyl sites for hydroxylation is 2. The van der Waals surface area contributed by atoms with Gasteiger partial charge in [0.25, 0.3) is 0 Å². The van der Waals surface area contributed by atoms with E-state index in [9.17, 15) is 14.0 Å². The molecule has 58 heavy (non-hydrogen) atoms. The van der Waals surface area contributed by atoms with Gasteiger partial charge >= 0.3 is 0 Å². The smallest absolute Gasteiger partial charge is 0.163 e. The van der Waals surface area contributed by atoms with Crippen molar-refractivity contribution in [1.29, 1.82) is 0 Å². The lowest BCUT2D eigenvalue weighted by atomic mass is 9.87. The third kappa shape index (κ3) is 8.37. The molecule has 294 valence electrons. The summed E-state index contributed by atoms with van der Waals surface area (Å²) in [5.41, 5.74) is 10.1. The fourth-order valence-electron chi connectivity index (χ4n) is 7.94. The molecule has 0 spiro atoms. The summed E-state index contributed by atoms with van der Waals surface area (Å²) in [7, 11) is 0. The van der Waals surface area contributed by atoms with Gasteiger partial charge in [0.05, 0.1) is 24.9 Å². The van der Waals surface area contributed by atoms with Crippen LogP contribution in [0.25, 0.3) is 44.2 Å². The summed E-state index contributed by atoms with van der Waals surface area (Å²) >= 11 is 6.10. The number of rotatable bonds is 15. The predicted molar refractivity (Wildman–Crippen MR) is 225 cm³/mol. The molecule has 0 amide bonds. The summed E-state index contributed by atoms with van der Waals surface area (Å²) in [6.07, 6.45) is 5.82. The number of hydrogen-bond acceptors (Lipinski definition) is 5. The van der Waals surface area contributed by atoms with Crippen molar-refractivity contribution in [1.82, 2.24) is 15.2 Å². The summed E-state index contributed by atoms with van der Waals surface area (Å²) < 4.78 is 41.3. The maximum Gasteiger partial charge on any atom is 0.163 e. The molecule has 7 nitrogen and oxygen atoms in total. The second-order valence-electron chi connectivity index (χ2n) is 14.6. The Bertz CT molecular complexity index is 2660. The van der Waals surface area contributed by atoms with Crippen LogP contribution >= 0.6 is 11.6 Å². The number of aromatic nitrogens is 3. The fraction of sp³-hybridized carbons (Fsp3) is 0.229. The van der Waals surface area contributed by atoms with Crippen LogP contribution < -0.4 is 4.74 Å². The molecular formula is C48H42ClF2N3O4. The molecule has 0 saturated heterocycles. The third-order valence-corrected chi connectivity index (χ3v) is 11.0. The summed E-state index contributed by atoms with van der Waals surface area (Å²) in [5.74, 6) is -0.0911. The zero-order chi connectivity index (χ0) is 40.2. The van der Waals surface area contributed by atoms with Crippen molar-refractivity contribution < 1.29 is 27.8 Å². The SMILES string of the molecule is CC/C(=C(/c1ccc(OCCCOCC(=O)CCc2ccc(-c3[nH]c4cc(F)cc5c4c3CCCC5=O)cc2)cc1)c1ccc2[nH]ncc2c1)c1ccc(Cl)cc1F. The standard InChI is InChI=1S/C48H42ClF2N3O4/c1-2-38(39-19-15-34(49)24-42(39)51)46(32-14-20-43-33(23-32)27-52-54-43)30-12-17-37(18-13-30)58-22-4-21-57-28-36(55)16-9-29-7-10-31(11-8-29)48-40-5-3-6-45(56)41-25-35(50)26-44(53-48)47(40)41/h7-8,10-15,17-20,23-27,53H,2-6,9,16,21-22,28H2,1H3,(H,52,54)/b46-38+. The lowest BCUT2D eigenvalue weighted by Crippen LogP contribution is -2.12. The summed E-state index contributed by atoms with van der Waals surface area (Å²) in [6.45, 7) is 2.86. The number of nitrogens with one attached hydrogen (secondary N) is 2. The number of hydrogen-bond donors (Lipinski definition) is 2. The van der Waals surface area contributed by atoms with E-state index >= 15 is 4.39 Å². The highest BCUT2D eigenvalue weighted by Gasteiger charge is 2.24. The summed E-state index contributed by atoms with van der Waals surface area (Å²) in [4.78, 5) is 28.6. The Morgan fingerprint density at radius 1 is 0.879 bits per heavy atom. The number of H-pyrrole nitrogens is 2. The first-order chi connectivity index (χ1) is 28.2. The number of halogens is 3. The third-order valence-electron chi connectivity index (χ3n) is 10.8. The van der Waals surface area contributed by atoms with Gasteiger partial charge < -0.3 is 14.5 Å². The Balaban J connectivity index is 0.828. The van der Waals surface area contributed by atoms with E-state index in [1.54, 1.807) is 18.3 Å². The van der Waals surface area contributed by atoms with Gasteiger partial charge in [-0.3, -0.25) is 14.7 Å². The first kappa shape index (κ1) is 38.9. The summed E-state index contributed by atoms with van der Waals surface area (Å²) in [6, 6.07) is 29.5. The van der Waals surface area contributed by atoms with Crippen molar-refractivity contribution in [2.75, 3.05) is 19.8 Å². The highest BCUT2D eigenvalue weighted by molar-refractivity contribution is 6.30. The quantitative estimate of drug-likeness (QED) is 0.0795. The Hall–Kier alpha value is -5.90. The van der Waals surface area contributed by atoms with Gasteiger partial charge in [-0.25, -0.2) is 8.78 Å². The molecule has 0 fully saturated rings. The largest absolute Gasteiger partial charge is 0.494 e. The first-order valence-electron chi connectivity index (χ1n) is 19.7. The molecule has 2 aromatic heterocycles. The molecule has 8 rings (SSSR count). The van der Waals surface area contributed by atoms with Gasteiger partial charge in [-0.1, -0.05) is 67.1 Å². The second kappa shape index (κ2) is 17.3. The van der Waals surface area contributed by atoms with Crippen LogP contribution in [0.5, 0.6) is 5.75 Å². The topological polar surface area (TPSA) is 97.1 Å². The van der Waals surface area contributed by atoms with Crippen molar-refractivity contribution in [2.45, 2.75) is 51.9 Å². The Kier molecular flexibility index (Phi) is 11.6. The lowest BCUT2D eigenvalue weighted by molar-refractivity contribution is -0.123. The number of carbonyl (C=O) groups is 2. The van der Waals surface area contributed by atoms with Gasteiger partial charge in [-0.15, -0.1) is 0 Å². The van der Waals surface area contributed by atoms with E-state index in [0.717, 1.165) is 73.8 Å². The van der Waals surface area contributed by atoms with Gasteiger partial charge in [-0.2, -0.15) is 5.10 Å². The van der Waals surface area contributed by atoms with E-state index in [1.807, 2.05) is 67.6 Å². The number of ether oxygens (including phenoxy) is 2. The monoisotopic (exact) mass is 797 g/mol. The van der Waals surface area contributed by atoms with Crippen molar-refractivity contribution in [3.05, 3.63) is 153 Å². The van der Waals surface area contributed by atoms with Crippen LogP contribution in [-0.4, -0.2) is 46.6 Å². The number of allylic oxidation sites excluding steroid dienone is 1. The normalized spacial score (nSPS) is 13.2. The molecule has 2 N–H and O–H groups in total. The molecule has 10 heteroatoms. The Morgan fingerprint density at radius 2 is 1.69 bits per heavy atom. The number of ketones is 2. The van der Waals surface area contributed by atoms with Crippen LogP contribution in [0.15, 0.2) is 103 Å². The number of fused-ring (bicyclic) bond motifs is 1. The van der Waals surface area contributed by atoms with E-state index in [4.69, 9.17) is 21.1 Å². The number of nitrogens with zero attached hydrogens (tertiary/aromatic N) is 1. The molecule has 1 aliphatic carbocycles. The molecule has 2 heterocycles. The minimum absolute atomic E-state index is 0.0189. The van der Waals surface area contributed by atoms with Crippen molar-refractivity contribution in [3.63, 3.8) is 0 Å². The molecule has 0 saturated carbocycles. The van der Waals surface area contributed by atoms with Gasteiger partial charge in [0.1, 0.15) is 24.0 Å². The minimum Gasteiger partial charge on any atom is -0.494 e. The van der Waals surface area contributed by atoms with Crippen LogP contribution in [-0.2, 0) is 22.4 Å². The number of carbonyl (C=O) groups excluding carboxylic acids is 2. The van der Waals surface area contributed by atoms with E-state index in [0.29, 0.717) is 72.7 Å². The van der Waals surface area contributed by atoms with Crippen LogP contribution in [0.2, 0.25) is 5.02 Å². The zero-order valence-corrected chi connectivity index (χ0v) is 32.9. The molecule has 1 aliphatic rings. The first-order valence-corrected chi connectivity index (χ1v) is 20.0. The van der Waals surface area contributed by atoms with Crippen LogP contribution in [0.3, 0.4) is 0 Å². The van der Waals surface area contributed by atoms with Crippen molar-refractivity contribution >= 4 is 56.1 Å². The predicted octanol–water partition coefficient (Wildman–Crippen LogP) is 11.5. The molecule has 0 aliphatic heterocycles. The van der Waals surface area contributed by atoms with Crippen molar-refractivity contribution in [2.24, 2.45) is 0 Å². The van der Waals surface area contributed by atoms with Gasteiger partial charge in [0, 0.05) is 57.4 Å². The van der Waals surface area contributed by atoms with Crippen LogP contribution in [0, 0.1) is 11.6 Å². The Morgan fingerprint density at radius 3 is 2.48 bits per heavy atom. The van der Waals surface area contributed by atoms with E-state index in [-0.39, 0.29) is 24.0 Å². The highest BCUT2D eigenvalue weighted by atomic mass is 35.5. The van der Waals surface area contributed by atoms with Crippen molar-refractivity contribution in [3.8, 4) is 17.0 Å². The van der Waals surface area contributed by atoms with Crippen LogP contribution in [0.1, 0.15) is 77.2 Å². The number of benzene rings is 5. The van der Waals surface area contributed by atoms with Gasteiger partial charge in [0.2, 0.25) is 0 Å². The summed E-state index contributed by atoms with van der Waals surface area (Å²) in [5, 5.41) is 9.29. The number of Topliss-reactive ketones (excluding diaryl/α,β-unsaturated/α-hetero) is 2. The Labute approximate surface area is 340 Å². The van der Waals surface area contributed by atoms with Gasteiger partial charge in [0.15, 0.2) is 11.6 Å². The maximum atomic E-state index is 15.3. The molecule has 0 radical (unpaired) electrons. The second-order valence-corrected chi connectivity index (χ2v) is 15.1. The average Bonchev–Trinajstić information content (AvgIpc) is 3.81. The molecule has 0 atom stereocenters.